The average molecular weight is 237 g/mol. The maximum Gasteiger partial charge on any atom is 0.0460 e. The summed E-state index contributed by atoms with van der Waals surface area (Å²) in [7, 11) is 0. The highest BCUT2D eigenvalue weighted by Crippen LogP contribution is 2.30. The molecule has 0 radical (unpaired) electrons. The molecule has 0 saturated heterocycles. The lowest BCUT2D eigenvalue weighted by Gasteiger charge is -2.06. The van der Waals surface area contributed by atoms with Crippen LogP contribution in [0.4, 0.5) is 0 Å². The minimum absolute atomic E-state index is 0.640. The van der Waals surface area contributed by atoms with Gasteiger partial charge in [0, 0.05) is 35.1 Å². The minimum Gasteiger partial charge on any atom is -0.361 e. The number of para-hydroxylation sites is 1. The predicted molar refractivity (Wildman–Crippen MR) is 74.3 cm³/mol. The van der Waals surface area contributed by atoms with Gasteiger partial charge in [0.15, 0.2) is 0 Å². The van der Waals surface area contributed by atoms with Gasteiger partial charge in [0.25, 0.3) is 0 Å². The van der Waals surface area contributed by atoms with Gasteiger partial charge < -0.3 is 10.7 Å². The van der Waals surface area contributed by atoms with E-state index in [-0.39, 0.29) is 0 Å². The highest BCUT2D eigenvalue weighted by Gasteiger charge is 2.09. The van der Waals surface area contributed by atoms with E-state index in [1.54, 1.807) is 0 Å². The lowest BCUT2D eigenvalue weighted by Crippen LogP contribution is -2.04. The maximum absolute atomic E-state index is 5.66. The third-order valence-corrected chi connectivity index (χ3v) is 3.20. The number of rotatable bonds is 3. The van der Waals surface area contributed by atoms with E-state index in [0.29, 0.717) is 6.54 Å². The van der Waals surface area contributed by atoms with Crippen LogP contribution in [0.5, 0.6) is 0 Å². The second-order valence-electron chi connectivity index (χ2n) is 4.32. The molecule has 0 spiro atoms. The number of pyridine rings is 1. The van der Waals surface area contributed by atoms with Crippen LogP contribution >= 0.6 is 0 Å². The van der Waals surface area contributed by atoms with Crippen molar-refractivity contribution in [2.45, 2.75) is 6.42 Å². The highest BCUT2D eigenvalue weighted by molar-refractivity contribution is 5.96. The first-order valence-electron chi connectivity index (χ1n) is 6.09. The normalized spacial score (nSPS) is 10.9. The zero-order chi connectivity index (χ0) is 12.4. The van der Waals surface area contributed by atoms with E-state index >= 15 is 0 Å². The van der Waals surface area contributed by atoms with Crippen LogP contribution in [-0.4, -0.2) is 16.5 Å². The zero-order valence-electron chi connectivity index (χ0n) is 10.1. The van der Waals surface area contributed by atoms with E-state index < -0.39 is 0 Å². The summed E-state index contributed by atoms with van der Waals surface area (Å²) in [6.07, 6.45) is 6.64. The number of nitrogens with zero attached hydrogens (tertiary/aromatic N) is 1. The van der Waals surface area contributed by atoms with Gasteiger partial charge in [0.05, 0.1) is 0 Å². The summed E-state index contributed by atoms with van der Waals surface area (Å²) >= 11 is 0. The summed E-state index contributed by atoms with van der Waals surface area (Å²) in [5.41, 5.74) is 10.4. The van der Waals surface area contributed by atoms with Crippen molar-refractivity contribution in [1.29, 1.82) is 0 Å². The third kappa shape index (κ3) is 1.79. The predicted octanol–water partition coefficient (Wildman–Crippen LogP) is 2.73. The molecule has 3 nitrogen and oxygen atoms in total. The summed E-state index contributed by atoms with van der Waals surface area (Å²) in [6.45, 7) is 0.640. The number of hydrogen-bond donors (Lipinski definition) is 2. The van der Waals surface area contributed by atoms with Crippen molar-refractivity contribution in [2.24, 2.45) is 5.73 Å². The van der Waals surface area contributed by atoms with Crippen molar-refractivity contribution in [2.75, 3.05) is 6.54 Å². The van der Waals surface area contributed by atoms with Crippen molar-refractivity contribution in [3.8, 4) is 11.1 Å². The lowest BCUT2D eigenvalue weighted by molar-refractivity contribution is 0.961. The van der Waals surface area contributed by atoms with Gasteiger partial charge in [-0.1, -0.05) is 18.2 Å². The molecule has 0 fully saturated rings. The summed E-state index contributed by atoms with van der Waals surface area (Å²) < 4.78 is 0. The van der Waals surface area contributed by atoms with Gasteiger partial charge in [-0.05, 0) is 36.2 Å². The Labute approximate surface area is 106 Å². The Balaban J connectivity index is 2.20. The summed E-state index contributed by atoms with van der Waals surface area (Å²) in [6, 6.07) is 10.4. The molecule has 3 heteroatoms. The molecule has 90 valence electrons. The molecule has 0 unspecified atom stereocenters. The van der Waals surface area contributed by atoms with Crippen molar-refractivity contribution < 1.29 is 0 Å². The quantitative estimate of drug-likeness (QED) is 0.736. The van der Waals surface area contributed by atoms with Crippen LogP contribution in [0.2, 0.25) is 0 Å². The fourth-order valence-electron chi connectivity index (χ4n) is 2.34. The number of nitrogens with two attached hydrogens (primary N) is 1. The minimum atomic E-state index is 0.640. The van der Waals surface area contributed by atoms with Crippen LogP contribution in [-0.2, 0) is 6.42 Å². The third-order valence-electron chi connectivity index (χ3n) is 3.20. The van der Waals surface area contributed by atoms with Crippen molar-refractivity contribution in [3.05, 3.63) is 54.5 Å². The van der Waals surface area contributed by atoms with E-state index in [4.69, 9.17) is 5.73 Å². The largest absolute Gasteiger partial charge is 0.361 e. The van der Waals surface area contributed by atoms with Gasteiger partial charge in [-0.15, -0.1) is 0 Å². The Morgan fingerprint density at radius 1 is 1.11 bits per heavy atom. The molecule has 0 aliphatic carbocycles. The molecule has 3 rings (SSSR count). The van der Waals surface area contributed by atoms with E-state index in [1.165, 1.54) is 22.1 Å². The fraction of sp³-hybridized carbons (Fsp3) is 0.133. The lowest BCUT2D eigenvalue weighted by atomic mass is 9.99. The summed E-state index contributed by atoms with van der Waals surface area (Å²) in [5, 5.41) is 1.24. The first-order valence-corrected chi connectivity index (χ1v) is 6.09. The SMILES string of the molecule is NCCc1cnccc1-c1c[nH]c2ccccc12. The van der Waals surface area contributed by atoms with Gasteiger partial charge in [0.2, 0.25) is 0 Å². The smallest absolute Gasteiger partial charge is 0.0460 e. The molecule has 3 aromatic rings. The molecule has 18 heavy (non-hydrogen) atoms. The second-order valence-corrected chi connectivity index (χ2v) is 4.32. The first-order chi connectivity index (χ1) is 8.90. The second kappa shape index (κ2) is 4.63. The molecule has 0 amide bonds. The zero-order valence-corrected chi connectivity index (χ0v) is 10.1. The van der Waals surface area contributed by atoms with Crippen LogP contribution in [0, 0.1) is 0 Å². The van der Waals surface area contributed by atoms with Crippen molar-refractivity contribution in [1.82, 2.24) is 9.97 Å². The summed E-state index contributed by atoms with van der Waals surface area (Å²) in [4.78, 5) is 7.49. The molecule has 0 atom stereocenters. The van der Waals surface area contributed by atoms with Crippen molar-refractivity contribution in [3.63, 3.8) is 0 Å². The molecule has 2 aromatic heterocycles. The van der Waals surface area contributed by atoms with Gasteiger partial charge in [-0.25, -0.2) is 0 Å². The Kier molecular flexibility index (Phi) is 2.82. The van der Waals surface area contributed by atoms with Crippen LogP contribution in [0.15, 0.2) is 48.9 Å². The molecule has 1 aromatic carbocycles. The Morgan fingerprint density at radius 3 is 2.89 bits per heavy atom. The number of hydrogen-bond acceptors (Lipinski definition) is 2. The number of H-pyrrole nitrogens is 1. The molecule has 0 saturated carbocycles. The van der Waals surface area contributed by atoms with Crippen LogP contribution in [0.3, 0.4) is 0 Å². The van der Waals surface area contributed by atoms with Gasteiger partial charge in [0.1, 0.15) is 0 Å². The van der Waals surface area contributed by atoms with Crippen LogP contribution in [0.1, 0.15) is 5.56 Å². The van der Waals surface area contributed by atoms with E-state index in [0.717, 1.165) is 11.9 Å². The van der Waals surface area contributed by atoms with Crippen LogP contribution in [0.25, 0.3) is 22.0 Å². The molecule has 0 bridgehead atoms. The van der Waals surface area contributed by atoms with Crippen LogP contribution < -0.4 is 5.73 Å². The fourth-order valence-corrected chi connectivity index (χ4v) is 2.34. The van der Waals surface area contributed by atoms with E-state index in [2.05, 4.69) is 40.4 Å². The van der Waals surface area contributed by atoms with Gasteiger partial charge in [-0.3, -0.25) is 4.98 Å². The maximum atomic E-state index is 5.66. The Bertz CT molecular complexity index is 670. The highest BCUT2D eigenvalue weighted by atomic mass is 14.7. The number of nitrogens with one attached hydrogen (secondary N) is 1. The molecular formula is C15H15N3. The van der Waals surface area contributed by atoms with Gasteiger partial charge >= 0.3 is 0 Å². The average Bonchev–Trinajstić information content (AvgIpc) is 2.84. The van der Waals surface area contributed by atoms with Crippen molar-refractivity contribution >= 4 is 10.9 Å². The first kappa shape index (κ1) is 11.0. The summed E-state index contributed by atoms with van der Waals surface area (Å²) in [5.74, 6) is 0. The molecule has 0 aliphatic rings. The molecule has 0 aliphatic heterocycles. The number of aromatic nitrogens is 2. The Hall–Kier alpha value is -2.13. The monoisotopic (exact) mass is 237 g/mol. The van der Waals surface area contributed by atoms with Gasteiger partial charge in [-0.2, -0.15) is 0 Å². The van der Waals surface area contributed by atoms with E-state index in [1.807, 2.05) is 18.5 Å². The Morgan fingerprint density at radius 2 is 2.00 bits per heavy atom. The molecular weight excluding hydrogens is 222 g/mol. The number of aromatic amines is 1. The number of benzene rings is 1. The standard InChI is InChI=1S/C15H15N3/c16-7-5-11-9-17-8-6-12(11)14-10-18-15-4-2-1-3-13(14)15/h1-4,6,8-10,18H,5,7,16H2. The number of fused-ring (bicyclic) bond motifs is 1. The molecule has 2 heterocycles. The topological polar surface area (TPSA) is 54.7 Å². The van der Waals surface area contributed by atoms with E-state index in [9.17, 15) is 0 Å². The molecule has 3 N–H and O–H groups in total.